The third-order valence-corrected chi connectivity index (χ3v) is 5.10. The van der Waals surface area contributed by atoms with Gasteiger partial charge in [0.2, 0.25) is 6.61 Å². The van der Waals surface area contributed by atoms with Crippen molar-refractivity contribution in [3.63, 3.8) is 0 Å². The minimum atomic E-state index is -0.731. The SMILES string of the molecule is COC(=O)CON=C1C=CCCC=CC[C@@H](c2ccccc2)OC(=O)c2c(O)cc(O)cc2C1. The van der Waals surface area contributed by atoms with E-state index in [0.717, 1.165) is 24.5 Å². The van der Waals surface area contributed by atoms with Crippen molar-refractivity contribution in [3.8, 4) is 11.5 Å². The predicted octanol–water partition coefficient (Wildman–Crippen LogP) is 4.38. The van der Waals surface area contributed by atoms with E-state index in [1.165, 1.54) is 13.2 Å². The van der Waals surface area contributed by atoms with Gasteiger partial charge in [0.15, 0.2) is 0 Å². The van der Waals surface area contributed by atoms with Gasteiger partial charge in [-0.1, -0.05) is 53.7 Å². The predicted molar refractivity (Wildman–Crippen MR) is 126 cm³/mol. The molecule has 178 valence electrons. The molecule has 8 nitrogen and oxygen atoms in total. The molecule has 0 unspecified atom stereocenters. The summed E-state index contributed by atoms with van der Waals surface area (Å²) in [5, 5.41) is 24.5. The van der Waals surface area contributed by atoms with E-state index in [1.807, 2.05) is 48.6 Å². The quantitative estimate of drug-likeness (QED) is 0.391. The fourth-order valence-corrected chi connectivity index (χ4v) is 3.45. The monoisotopic (exact) mass is 465 g/mol. The molecule has 0 saturated heterocycles. The molecule has 2 aromatic carbocycles. The summed E-state index contributed by atoms with van der Waals surface area (Å²) >= 11 is 0. The Kier molecular flexibility index (Phi) is 8.85. The zero-order valence-corrected chi connectivity index (χ0v) is 18.8. The standard InChI is InChI=1S/C26H27NO7/c1-32-24(30)17-33-27-20-12-8-3-2-4-9-13-23(18-10-6-5-7-11-18)34-26(31)25-19(14-20)15-21(28)16-22(25)29/h4-12,15-16,23,28-29H,2-3,13-14,17H2,1H3/t23-/m0/s1. The van der Waals surface area contributed by atoms with E-state index in [0.29, 0.717) is 17.7 Å². The number of carbonyl (C=O) groups excluding carboxylic acids is 2. The van der Waals surface area contributed by atoms with Crippen molar-refractivity contribution in [1.82, 2.24) is 0 Å². The second-order valence-corrected chi connectivity index (χ2v) is 7.60. The molecule has 0 fully saturated rings. The van der Waals surface area contributed by atoms with Gasteiger partial charge in [0.1, 0.15) is 23.2 Å². The number of ether oxygens (including phenoxy) is 2. The van der Waals surface area contributed by atoms with Crippen LogP contribution >= 0.6 is 0 Å². The lowest BCUT2D eigenvalue weighted by atomic mass is 9.99. The fraction of sp³-hybridized carbons (Fsp3) is 0.269. The molecule has 0 aliphatic carbocycles. The molecule has 2 aromatic rings. The molecule has 1 heterocycles. The van der Waals surface area contributed by atoms with Crippen LogP contribution in [0.3, 0.4) is 0 Å². The van der Waals surface area contributed by atoms with Gasteiger partial charge in [-0.2, -0.15) is 0 Å². The van der Waals surface area contributed by atoms with E-state index in [1.54, 1.807) is 6.08 Å². The van der Waals surface area contributed by atoms with Gasteiger partial charge >= 0.3 is 11.9 Å². The van der Waals surface area contributed by atoms with Crippen LogP contribution in [0, 0.1) is 0 Å². The van der Waals surface area contributed by atoms with Crippen molar-refractivity contribution in [2.75, 3.05) is 13.7 Å². The van der Waals surface area contributed by atoms with Gasteiger partial charge in [-0.05, 0) is 36.1 Å². The lowest BCUT2D eigenvalue weighted by molar-refractivity contribution is -0.145. The van der Waals surface area contributed by atoms with E-state index in [-0.39, 0.29) is 24.3 Å². The summed E-state index contributed by atoms with van der Waals surface area (Å²) in [7, 11) is 1.24. The molecule has 34 heavy (non-hydrogen) atoms. The summed E-state index contributed by atoms with van der Waals surface area (Å²) in [6.07, 6.45) is 9.01. The van der Waals surface area contributed by atoms with Crippen LogP contribution in [0.15, 0.2) is 71.9 Å². The number of carbonyl (C=O) groups is 2. The second kappa shape index (κ2) is 12.2. The van der Waals surface area contributed by atoms with Crippen molar-refractivity contribution in [1.29, 1.82) is 0 Å². The summed E-state index contributed by atoms with van der Waals surface area (Å²) in [6, 6.07) is 11.8. The largest absolute Gasteiger partial charge is 0.508 e. The molecule has 2 N–H and O–H groups in total. The number of aromatic hydroxyl groups is 2. The molecule has 0 radical (unpaired) electrons. The molecule has 1 aliphatic heterocycles. The number of cyclic esters (lactones) is 1. The Labute approximate surface area is 197 Å². The van der Waals surface area contributed by atoms with Gasteiger partial charge in [0.05, 0.1) is 12.8 Å². The fourth-order valence-electron chi connectivity index (χ4n) is 3.45. The lowest BCUT2D eigenvalue weighted by Crippen LogP contribution is -2.15. The number of fused-ring (bicyclic) bond motifs is 1. The van der Waals surface area contributed by atoms with E-state index in [9.17, 15) is 19.8 Å². The van der Waals surface area contributed by atoms with E-state index in [2.05, 4.69) is 9.89 Å². The summed E-state index contributed by atoms with van der Waals surface area (Å²) in [5.74, 6) is -1.95. The molecule has 0 bridgehead atoms. The Bertz CT molecular complexity index is 1090. The second-order valence-electron chi connectivity index (χ2n) is 7.60. The van der Waals surface area contributed by atoms with E-state index >= 15 is 0 Å². The first-order valence-electron chi connectivity index (χ1n) is 10.9. The number of phenols is 2. The average molecular weight is 466 g/mol. The van der Waals surface area contributed by atoms with Gasteiger partial charge in [0, 0.05) is 18.9 Å². The van der Waals surface area contributed by atoms with Crippen LogP contribution in [0.2, 0.25) is 0 Å². The number of nitrogens with zero attached hydrogens (tertiary/aromatic N) is 1. The molecular weight excluding hydrogens is 438 g/mol. The Balaban J connectivity index is 1.98. The van der Waals surface area contributed by atoms with Crippen molar-refractivity contribution >= 4 is 17.7 Å². The van der Waals surface area contributed by atoms with Crippen LogP contribution in [0.1, 0.15) is 46.9 Å². The smallest absolute Gasteiger partial charge is 0.346 e. The van der Waals surface area contributed by atoms with Crippen LogP contribution in [0.4, 0.5) is 0 Å². The Morgan fingerprint density at radius 1 is 1.12 bits per heavy atom. The van der Waals surface area contributed by atoms with Gasteiger partial charge in [-0.3, -0.25) is 0 Å². The highest BCUT2D eigenvalue weighted by atomic mass is 16.6. The maximum Gasteiger partial charge on any atom is 0.346 e. The maximum atomic E-state index is 13.2. The minimum Gasteiger partial charge on any atom is -0.508 e. The van der Waals surface area contributed by atoms with Crippen molar-refractivity contribution in [2.24, 2.45) is 5.16 Å². The Hall–Kier alpha value is -4.07. The van der Waals surface area contributed by atoms with Crippen molar-refractivity contribution < 1.29 is 34.1 Å². The number of allylic oxidation sites excluding steroid dienone is 3. The molecule has 3 rings (SSSR count). The first-order valence-corrected chi connectivity index (χ1v) is 10.9. The summed E-state index contributed by atoms with van der Waals surface area (Å²) in [6.45, 7) is -0.379. The third-order valence-electron chi connectivity index (χ3n) is 5.10. The van der Waals surface area contributed by atoms with Crippen LogP contribution < -0.4 is 0 Å². The lowest BCUT2D eigenvalue weighted by Gasteiger charge is -2.19. The number of rotatable bonds is 4. The highest BCUT2D eigenvalue weighted by Crippen LogP contribution is 2.31. The van der Waals surface area contributed by atoms with Crippen LogP contribution in [0.25, 0.3) is 0 Å². The summed E-state index contributed by atoms with van der Waals surface area (Å²) in [4.78, 5) is 29.6. The average Bonchev–Trinajstić information content (AvgIpc) is 2.82. The zero-order valence-electron chi connectivity index (χ0n) is 18.8. The molecule has 0 saturated carbocycles. The number of hydrogen-bond acceptors (Lipinski definition) is 8. The topological polar surface area (TPSA) is 115 Å². The highest BCUT2D eigenvalue weighted by molar-refractivity contribution is 6.00. The van der Waals surface area contributed by atoms with Crippen LogP contribution in [0.5, 0.6) is 11.5 Å². The number of hydrogen-bond donors (Lipinski definition) is 2. The maximum absolute atomic E-state index is 13.2. The molecule has 8 heteroatoms. The highest BCUT2D eigenvalue weighted by Gasteiger charge is 2.24. The summed E-state index contributed by atoms with van der Waals surface area (Å²) < 4.78 is 10.3. The first-order chi connectivity index (χ1) is 16.5. The molecule has 1 atom stereocenters. The van der Waals surface area contributed by atoms with Gasteiger partial charge in [-0.25, -0.2) is 9.59 Å². The minimum absolute atomic E-state index is 0.0376. The van der Waals surface area contributed by atoms with Gasteiger partial charge in [-0.15, -0.1) is 0 Å². The number of methoxy groups -OCH3 is 1. The van der Waals surface area contributed by atoms with Crippen LogP contribution in [-0.4, -0.2) is 41.6 Å². The van der Waals surface area contributed by atoms with Gasteiger partial charge < -0.3 is 24.5 Å². The number of oxime groups is 1. The molecule has 0 spiro atoms. The van der Waals surface area contributed by atoms with E-state index < -0.39 is 23.8 Å². The molecule has 0 aromatic heterocycles. The van der Waals surface area contributed by atoms with Crippen LogP contribution in [-0.2, 0) is 25.5 Å². The Morgan fingerprint density at radius 3 is 2.65 bits per heavy atom. The first kappa shape index (κ1) is 24.6. The van der Waals surface area contributed by atoms with Crippen molar-refractivity contribution in [2.45, 2.75) is 31.8 Å². The summed E-state index contributed by atoms with van der Waals surface area (Å²) in [5.41, 5.74) is 1.43. The molecule has 1 aliphatic rings. The zero-order chi connectivity index (χ0) is 24.3. The van der Waals surface area contributed by atoms with Gasteiger partial charge in [0.25, 0.3) is 0 Å². The molecule has 0 amide bonds. The van der Waals surface area contributed by atoms with E-state index in [4.69, 9.17) is 9.57 Å². The Morgan fingerprint density at radius 2 is 1.88 bits per heavy atom. The number of phenolic OH excluding ortho intramolecular Hbond substituents is 2. The number of esters is 2. The third kappa shape index (κ3) is 6.96. The molecular formula is C26H27NO7. The van der Waals surface area contributed by atoms with Crippen molar-refractivity contribution in [3.05, 3.63) is 83.5 Å². The normalized spacial score (nSPS) is 18.0. The number of benzene rings is 2.